The normalized spacial score (nSPS) is 23.1. The first-order valence-corrected chi connectivity index (χ1v) is 4.44. The summed E-state index contributed by atoms with van der Waals surface area (Å²) in [7, 11) is 0. The minimum absolute atomic E-state index is 0.368. The molecule has 0 spiro atoms. The average Bonchev–Trinajstić information content (AvgIpc) is 2.83. The van der Waals surface area contributed by atoms with Crippen LogP contribution in [-0.2, 0) is 4.79 Å². The van der Waals surface area contributed by atoms with Gasteiger partial charge < -0.3 is 16.2 Å². The number of aliphatic hydroxyl groups excluding tert-OH is 1. The van der Waals surface area contributed by atoms with Crippen molar-refractivity contribution in [3.05, 3.63) is 0 Å². The Labute approximate surface area is 84.6 Å². The van der Waals surface area contributed by atoms with Crippen LogP contribution < -0.4 is 11.1 Å². The van der Waals surface area contributed by atoms with Crippen molar-refractivity contribution in [1.29, 1.82) is 0 Å². The van der Waals surface area contributed by atoms with Crippen LogP contribution in [0.4, 0.5) is 13.2 Å². The Morgan fingerprint density at radius 1 is 1.53 bits per heavy atom. The Bertz CT molecular complexity index is 272. The van der Waals surface area contributed by atoms with Crippen LogP contribution in [0.2, 0.25) is 0 Å². The number of nitrogens with two attached hydrogens (primary N) is 1. The fraction of sp³-hybridized carbons (Fsp3) is 0.875. The molecule has 0 aromatic carbocycles. The highest BCUT2D eigenvalue weighted by Gasteiger charge is 2.56. The van der Waals surface area contributed by atoms with Gasteiger partial charge in [-0.25, -0.2) is 0 Å². The van der Waals surface area contributed by atoms with E-state index in [0.29, 0.717) is 19.8 Å². The lowest BCUT2D eigenvalue weighted by Gasteiger charge is -2.28. The molecular weight excluding hydrogens is 213 g/mol. The SMILES string of the molecule is CC(N)(C(=O)NC1(CO)CC1)C(F)(F)F. The lowest BCUT2D eigenvalue weighted by Crippen LogP contribution is -2.63. The van der Waals surface area contributed by atoms with Crippen molar-refractivity contribution in [2.75, 3.05) is 6.61 Å². The molecule has 0 bridgehead atoms. The molecule has 0 aliphatic heterocycles. The van der Waals surface area contributed by atoms with Crippen molar-refractivity contribution in [3.63, 3.8) is 0 Å². The van der Waals surface area contributed by atoms with Crippen molar-refractivity contribution >= 4 is 5.91 Å². The molecule has 1 aliphatic rings. The molecule has 1 atom stereocenters. The van der Waals surface area contributed by atoms with Crippen molar-refractivity contribution < 1.29 is 23.1 Å². The molecule has 0 heterocycles. The van der Waals surface area contributed by atoms with Gasteiger partial charge in [0.2, 0.25) is 5.91 Å². The Hall–Kier alpha value is -0.820. The maximum atomic E-state index is 12.3. The summed E-state index contributed by atoms with van der Waals surface area (Å²) in [5.74, 6) is -1.30. The molecule has 1 amide bonds. The van der Waals surface area contributed by atoms with Gasteiger partial charge in [-0.1, -0.05) is 0 Å². The summed E-state index contributed by atoms with van der Waals surface area (Å²) in [4.78, 5) is 11.3. The smallest absolute Gasteiger partial charge is 0.394 e. The highest BCUT2D eigenvalue weighted by atomic mass is 19.4. The van der Waals surface area contributed by atoms with Gasteiger partial charge in [-0.05, 0) is 19.8 Å². The molecule has 15 heavy (non-hydrogen) atoms. The van der Waals surface area contributed by atoms with E-state index in [1.54, 1.807) is 0 Å². The monoisotopic (exact) mass is 226 g/mol. The first kappa shape index (κ1) is 12.3. The Kier molecular flexibility index (Phi) is 2.73. The number of carbonyl (C=O) groups is 1. The number of carbonyl (C=O) groups excluding carboxylic acids is 1. The minimum atomic E-state index is -4.80. The molecular formula is C8H13F3N2O2. The van der Waals surface area contributed by atoms with Gasteiger partial charge in [0.15, 0.2) is 5.54 Å². The highest BCUT2D eigenvalue weighted by Crippen LogP contribution is 2.36. The van der Waals surface area contributed by atoms with Crippen LogP contribution in [0.3, 0.4) is 0 Å². The van der Waals surface area contributed by atoms with Crippen LogP contribution in [0, 0.1) is 0 Å². The molecule has 1 fully saturated rings. The topological polar surface area (TPSA) is 75.4 Å². The van der Waals surface area contributed by atoms with Crippen LogP contribution in [0.25, 0.3) is 0 Å². The lowest BCUT2D eigenvalue weighted by atomic mass is 10.0. The van der Waals surface area contributed by atoms with Crippen LogP contribution in [0.5, 0.6) is 0 Å². The van der Waals surface area contributed by atoms with Gasteiger partial charge in [0, 0.05) is 0 Å². The predicted octanol–water partition coefficient (Wildman–Crippen LogP) is -0.0928. The molecule has 4 N–H and O–H groups in total. The third-order valence-electron chi connectivity index (χ3n) is 2.60. The van der Waals surface area contributed by atoms with Crippen molar-refractivity contribution in [3.8, 4) is 0 Å². The fourth-order valence-electron chi connectivity index (χ4n) is 0.973. The van der Waals surface area contributed by atoms with Gasteiger partial charge in [-0.3, -0.25) is 4.79 Å². The molecule has 0 aromatic heterocycles. The third kappa shape index (κ3) is 2.23. The maximum absolute atomic E-state index is 12.3. The first-order valence-electron chi connectivity index (χ1n) is 4.44. The number of amides is 1. The molecule has 4 nitrogen and oxygen atoms in total. The number of rotatable bonds is 3. The number of alkyl halides is 3. The van der Waals surface area contributed by atoms with E-state index in [2.05, 4.69) is 5.32 Å². The van der Waals surface area contributed by atoms with E-state index in [1.807, 2.05) is 0 Å². The molecule has 1 rings (SSSR count). The van der Waals surface area contributed by atoms with E-state index in [9.17, 15) is 18.0 Å². The van der Waals surface area contributed by atoms with Gasteiger partial charge in [-0.2, -0.15) is 13.2 Å². The minimum Gasteiger partial charge on any atom is -0.394 e. The molecule has 1 aliphatic carbocycles. The van der Waals surface area contributed by atoms with Gasteiger partial charge in [0.1, 0.15) is 0 Å². The zero-order valence-electron chi connectivity index (χ0n) is 8.19. The third-order valence-corrected chi connectivity index (χ3v) is 2.60. The second-order valence-corrected chi connectivity index (χ2v) is 4.09. The zero-order chi connectivity index (χ0) is 11.9. The molecule has 0 aromatic rings. The van der Waals surface area contributed by atoms with Crippen molar-refractivity contribution in [2.45, 2.75) is 37.0 Å². The second-order valence-electron chi connectivity index (χ2n) is 4.09. The largest absolute Gasteiger partial charge is 0.415 e. The molecule has 7 heteroatoms. The van der Waals surface area contributed by atoms with Crippen LogP contribution in [-0.4, -0.2) is 34.9 Å². The fourth-order valence-corrected chi connectivity index (χ4v) is 0.973. The van der Waals surface area contributed by atoms with E-state index in [1.165, 1.54) is 0 Å². The number of hydrogen-bond donors (Lipinski definition) is 3. The summed E-state index contributed by atoms with van der Waals surface area (Å²) in [6, 6.07) is 0. The number of nitrogens with one attached hydrogen (secondary N) is 1. The van der Waals surface area contributed by atoms with Crippen molar-refractivity contribution in [1.82, 2.24) is 5.32 Å². The Morgan fingerprint density at radius 2 is 2.00 bits per heavy atom. The number of hydrogen-bond acceptors (Lipinski definition) is 3. The summed E-state index contributed by atoms with van der Waals surface area (Å²) >= 11 is 0. The summed E-state index contributed by atoms with van der Waals surface area (Å²) in [5, 5.41) is 11.0. The van der Waals surface area contributed by atoms with Crippen LogP contribution in [0.15, 0.2) is 0 Å². The number of halogens is 3. The summed E-state index contributed by atoms with van der Waals surface area (Å²) in [5.41, 5.74) is 1.10. The predicted molar refractivity (Wildman–Crippen MR) is 45.8 cm³/mol. The van der Waals surface area contributed by atoms with Gasteiger partial charge in [0.05, 0.1) is 12.1 Å². The van der Waals surface area contributed by atoms with E-state index in [-0.39, 0.29) is 6.61 Å². The standard InChI is InChI=1S/C8H13F3N2O2/c1-6(12,8(9,10)11)5(15)13-7(4-14)2-3-7/h14H,2-4,12H2,1H3,(H,13,15). The van der Waals surface area contributed by atoms with Crippen LogP contribution in [0.1, 0.15) is 19.8 Å². The number of aliphatic hydroxyl groups is 1. The highest BCUT2D eigenvalue weighted by molar-refractivity contribution is 5.87. The molecule has 0 saturated heterocycles. The van der Waals surface area contributed by atoms with Crippen molar-refractivity contribution in [2.24, 2.45) is 5.73 Å². The Balaban J connectivity index is 2.69. The molecule has 88 valence electrons. The van der Waals surface area contributed by atoms with E-state index < -0.39 is 23.2 Å². The Morgan fingerprint density at radius 3 is 2.27 bits per heavy atom. The lowest BCUT2D eigenvalue weighted by molar-refractivity contribution is -0.188. The van der Waals surface area contributed by atoms with Crippen LogP contribution >= 0.6 is 0 Å². The van der Waals surface area contributed by atoms with Gasteiger partial charge in [-0.15, -0.1) is 0 Å². The zero-order valence-corrected chi connectivity index (χ0v) is 8.19. The van der Waals surface area contributed by atoms with E-state index in [0.717, 1.165) is 0 Å². The maximum Gasteiger partial charge on any atom is 0.415 e. The van der Waals surface area contributed by atoms with E-state index in [4.69, 9.17) is 10.8 Å². The molecule has 0 radical (unpaired) electrons. The first-order chi connectivity index (χ1) is 6.65. The average molecular weight is 226 g/mol. The quantitative estimate of drug-likeness (QED) is 0.629. The van der Waals surface area contributed by atoms with Gasteiger partial charge >= 0.3 is 6.18 Å². The summed E-state index contributed by atoms with van der Waals surface area (Å²) < 4.78 is 37.0. The second kappa shape index (κ2) is 3.34. The molecule has 1 saturated carbocycles. The van der Waals surface area contributed by atoms with Gasteiger partial charge in [0.25, 0.3) is 0 Å². The van der Waals surface area contributed by atoms with E-state index >= 15 is 0 Å². The summed E-state index contributed by atoms with van der Waals surface area (Å²) in [6.07, 6.45) is -3.85. The molecule has 1 unspecified atom stereocenters. The summed E-state index contributed by atoms with van der Waals surface area (Å²) in [6.45, 7) is 0.239.